The summed E-state index contributed by atoms with van der Waals surface area (Å²) < 4.78 is 33.4. The third-order valence-electron chi connectivity index (χ3n) is 4.84. The maximum Gasteiger partial charge on any atom is 0.264 e. The van der Waals surface area contributed by atoms with E-state index in [0.29, 0.717) is 16.6 Å². The Kier molecular flexibility index (Phi) is 6.97. The molecule has 1 aromatic heterocycles. The second kappa shape index (κ2) is 9.49. The number of hydrogen-bond donors (Lipinski definition) is 1. The zero-order valence-corrected chi connectivity index (χ0v) is 19.5. The SMILES string of the molecule is COc1ccc(N(CCC(=O)Nc2ncc(C)s2)S(=O)(=O)c2ccc(C)c(C)c2)cc1. The van der Waals surface area contributed by atoms with Crippen LogP contribution in [0.15, 0.2) is 53.6 Å². The van der Waals surface area contributed by atoms with E-state index in [0.717, 1.165) is 16.0 Å². The van der Waals surface area contributed by atoms with E-state index in [4.69, 9.17) is 4.74 Å². The second-order valence-corrected chi connectivity index (χ2v) is 10.2. The molecule has 0 fully saturated rings. The number of anilines is 2. The number of thiazole rings is 1. The number of methoxy groups -OCH3 is 1. The summed E-state index contributed by atoms with van der Waals surface area (Å²) in [5.41, 5.74) is 2.35. The van der Waals surface area contributed by atoms with Crippen molar-refractivity contribution in [1.82, 2.24) is 4.98 Å². The first-order valence-corrected chi connectivity index (χ1v) is 11.9. The van der Waals surface area contributed by atoms with Crippen LogP contribution in [0.5, 0.6) is 5.75 Å². The molecule has 0 saturated heterocycles. The Morgan fingerprint density at radius 3 is 2.39 bits per heavy atom. The largest absolute Gasteiger partial charge is 0.497 e. The molecular weight excluding hydrogens is 434 g/mol. The Hall–Kier alpha value is -2.91. The molecule has 0 radical (unpaired) electrons. The first-order valence-electron chi connectivity index (χ1n) is 9.67. The molecule has 0 atom stereocenters. The van der Waals surface area contributed by atoms with Crippen LogP contribution < -0.4 is 14.4 Å². The molecule has 1 amide bonds. The number of aromatic nitrogens is 1. The minimum atomic E-state index is -3.88. The van der Waals surface area contributed by atoms with E-state index in [2.05, 4.69) is 10.3 Å². The lowest BCUT2D eigenvalue weighted by Gasteiger charge is -2.25. The van der Waals surface area contributed by atoms with Gasteiger partial charge in [0, 0.05) is 24.0 Å². The van der Waals surface area contributed by atoms with Gasteiger partial charge in [-0.25, -0.2) is 13.4 Å². The van der Waals surface area contributed by atoms with Crippen LogP contribution in [0.4, 0.5) is 10.8 Å². The van der Waals surface area contributed by atoms with Gasteiger partial charge in [-0.15, -0.1) is 11.3 Å². The van der Waals surface area contributed by atoms with E-state index < -0.39 is 10.0 Å². The number of carbonyl (C=O) groups excluding carboxylic acids is 1. The van der Waals surface area contributed by atoms with E-state index in [9.17, 15) is 13.2 Å². The van der Waals surface area contributed by atoms with Crippen molar-refractivity contribution in [2.75, 3.05) is 23.3 Å². The van der Waals surface area contributed by atoms with E-state index in [-0.39, 0.29) is 23.8 Å². The Balaban J connectivity index is 1.88. The average Bonchev–Trinajstić information content (AvgIpc) is 3.14. The van der Waals surface area contributed by atoms with Gasteiger partial charge in [0.05, 0.1) is 17.7 Å². The molecule has 7 nitrogen and oxygen atoms in total. The van der Waals surface area contributed by atoms with Gasteiger partial charge in [-0.1, -0.05) is 6.07 Å². The smallest absolute Gasteiger partial charge is 0.264 e. The molecular formula is C22H25N3O4S2. The van der Waals surface area contributed by atoms with Gasteiger partial charge in [0.2, 0.25) is 5.91 Å². The summed E-state index contributed by atoms with van der Waals surface area (Å²) >= 11 is 1.37. The van der Waals surface area contributed by atoms with Crippen molar-refractivity contribution in [1.29, 1.82) is 0 Å². The van der Waals surface area contributed by atoms with Gasteiger partial charge in [-0.05, 0) is 68.3 Å². The standard InChI is InChI=1S/C22H25N3O4S2/c1-15-5-10-20(13-16(15)2)31(27,28)25(18-6-8-19(29-4)9-7-18)12-11-21(26)24-22-23-14-17(3)30-22/h5-10,13-14H,11-12H2,1-4H3,(H,23,24,26). The van der Waals surface area contributed by atoms with Crippen LogP contribution in [0.3, 0.4) is 0 Å². The van der Waals surface area contributed by atoms with E-state index >= 15 is 0 Å². The predicted molar refractivity (Wildman–Crippen MR) is 124 cm³/mol. The van der Waals surface area contributed by atoms with Crippen LogP contribution in [-0.2, 0) is 14.8 Å². The number of hydrogen-bond acceptors (Lipinski definition) is 6. The van der Waals surface area contributed by atoms with Crippen molar-refractivity contribution in [3.8, 4) is 5.75 Å². The Morgan fingerprint density at radius 2 is 1.81 bits per heavy atom. The molecule has 0 aliphatic rings. The number of amides is 1. The zero-order chi connectivity index (χ0) is 22.6. The van der Waals surface area contributed by atoms with Gasteiger partial charge < -0.3 is 10.1 Å². The topological polar surface area (TPSA) is 88.6 Å². The molecule has 1 heterocycles. The average molecular weight is 460 g/mol. The van der Waals surface area contributed by atoms with Gasteiger partial charge in [0.15, 0.2) is 5.13 Å². The fraction of sp³-hybridized carbons (Fsp3) is 0.273. The summed E-state index contributed by atoms with van der Waals surface area (Å²) in [4.78, 5) is 17.7. The number of benzene rings is 2. The lowest BCUT2D eigenvalue weighted by Crippen LogP contribution is -2.34. The summed E-state index contributed by atoms with van der Waals surface area (Å²) in [5.74, 6) is 0.312. The first-order chi connectivity index (χ1) is 14.7. The van der Waals surface area contributed by atoms with Crippen molar-refractivity contribution in [3.05, 3.63) is 64.7 Å². The second-order valence-electron chi connectivity index (χ2n) is 7.10. The third-order valence-corrected chi connectivity index (χ3v) is 7.49. The van der Waals surface area contributed by atoms with Gasteiger partial charge in [-0.2, -0.15) is 0 Å². The Labute approximate surface area is 186 Å². The third kappa shape index (κ3) is 5.42. The number of carbonyl (C=O) groups is 1. The van der Waals surface area contributed by atoms with Gasteiger partial charge >= 0.3 is 0 Å². The molecule has 9 heteroatoms. The van der Waals surface area contributed by atoms with Crippen molar-refractivity contribution < 1.29 is 17.9 Å². The van der Waals surface area contributed by atoms with Gasteiger partial charge in [-0.3, -0.25) is 9.10 Å². The Morgan fingerprint density at radius 1 is 1.10 bits per heavy atom. The minimum absolute atomic E-state index is 0.0161. The molecule has 1 N–H and O–H groups in total. The van der Waals surface area contributed by atoms with Crippen LogP contribution in [0.1, 0.15) is 22.4 Å². The van der Waals surface area contributed by atoms with Gasteiger partial charge in [0.1, 0.15) is 5.75 Å². The first kappa shape index (κ1) is 22.8. The molecule has 31 heavy (non-hydrogen) atoms. The number of nitrogens with zero attached hydrogens (tertiary/aromatic N) is 2. The summed E-state index contributed by atoms with van der Waals surface area (Å²) in [6.07, 6.45) is 1.66. The van der Waals surface area contributed by atoms with Crippen LogP contribution >= 0.6 is 11.3 Å². The van der Waals surface area contributed by atoms with Crippen molar-refractivity contribution in [3.63, 3.8) is 0 Å². The van der Waals surface area contributed by atoms with Crippen molar-refractivity contribution in [2.45, 2.75) is 32.1 Å². The van der Waals surface area contributed by atoms with Crippen LogP contribution in [0.25, 0.3) is 0 Å². The fourth-order valence-corrected chi connectivity index (χ4v) is 5.17. The molecule has 0 saturated carbocycles. The van der Waals surface area contributed by atoms with Crippen molar-refractivity contribution in [2.24, 2.45) is 0 Å². The highest BCUT2D eigenvalue weighted by atomic mass is 32.2. The maximum atomic E-state index is 13.5. The summed E-state index contributed by atoms with van der Waals surface area (Å²) in [5, 5.41) is 3.22. The number of ether oxygens (including phenoxy) is 1. The lowest BCUT2D eigenvalue weighted by molar-refractivity contribution is -0.116. The highest BCUT2D eigenvalue weighted by Crippen LogP contribution is 2.27. The molecule has 0 bridgehead atoms. The quantitative estimate of drug-likeness (QED) is 0.543. The molecule has 164 valence electrons. The van der Waals surface area contributed by atoms with E-state index in [1.165, 1.54) is 15.6 Å². The van der Waals surface area contributed by atoms with Crippen LogP contribution in [-0.4, -0.2) is 33.0 Å². The molecule has 0 unspecified atom stereocenters. The molecule has 0 aliphatic carbocycles. The minimum Gasteiger partial charge on any atom is -0.497 e. The number of aryl methyl sites for hydroxylation is 3. The normalized spacial score (nSPS) is 11.2. The van der Waals surface area contributed by atoms with Crippen molar-refractivity contribution >= 4 is 38.1 Å². The van der Waals surface area contributed by atoms with Crippen LogP contribution in [0, 0.1) is 20.8 Å². The molecule has 2 aromatic carbocycles. The summed E-state index contributed by atoms with van der Waals surface area (Å²) in [6, 6.07) is 11.7. The fourth-order valence-electron chi connectivity index (χ4n) is 2.94. The predicted octanol–water partition coefficient (Wildman–Crippen LogP) is 4.30. The number of rotatable bonds is 8. The van der Waals surface area contributed by atoms with E-state index in [1.807, 2.05) is 20.8 Å². The molecule has 3 aromatic rings. The zero-order valence-electron chi connectivity index (χ0n) is 17.9. The molecule has 3 rings (SSSR count). The lowest BCUT2D eigenvalue weighted by atomic mass is 10.1. The highest BCUT2D eigenvalue weighted by molar-refractivity contribution is 7.92. The highest BCUT2D eigenvalue weighted by Gasteiger charge is 2.26. The number of sulfonamides is 1. The Bertz CT molecular complexity index is 1170. The molecule has 0 aliphatic heterocycles. The molecule has 0 spiro atoms. The monoisotopic (exact) mass is 459 g/mol. The van der Waals surface area contributed by atoms with Crippen LogP contribution in [0.2, 0.25) is 0 Å². The number of nitrogens with one attached hydrogen (secondary N) is 1. The maximum absolute atomic E-state index is 13.5. The summed E-state index contributed by atoms with van der Waals surface area (Å²) in [6.45, 7) is 5.68. The summed E-state index contributed by atoms with van der Waals surface area (Å²) in [7, 11) is -2.33. The van der Waals surface area contributed by atoms with E-state index in [1.54, 1.807) is 55.8 Å². The van der Waals surface area contributed by atoms with Gasteiger partial charge in [0.25, 0.3) is 10.0 Å².